The average Bonchev–Trinajstić information content (AvgIpc) is 2.68. The van der Waals surface area contributed by atoms with E-state index in [4.69, 9.17) is 14.5 Å². The Balaban J connectivity index is 1.76. The maximum Gasteiger partial charge on any atom is 0.146 e. The smallest absolute Gasteiger partial charge is 0.146 e. The summed E-state index contributed by atoms with van der Waals surface area (Å²) in [5.41, 5.74) is 4.26. The largest absolute Gasteiger partial charge is 0.359 e. The maximum absolute atomic E-state index is 5.37. The van der Waals surface area contributed by atoms with Gasteiger partial charge in [0.15, 0.2) is 0 Å². The summed E-state index contributed by atoms with van der Waals surface area (Å²) in [6, 6.07) is 18.0. The van der Waals surface area contributed by atoms with E-state index in [1.54, 1.807) is 13.3 Å². The van der Waals surface area contributed by atoms with Gasteiger partial charge in [0, 0.05) is 24.1 Å². The van der Waals surface area contributed by atoms with E-state index in [0.29, 0.717) is 6.61 Å². The van der Waals surface area contributed by atoms with Crippen LogP contribution in [0.4, 0.5) is 0 Å². The third-order valence-corrected chi connectivity index (χ3v) is 3.95. The van der Waals surface area contributed by atoms with Gasteiger partial charge in [0.2, 0.25) is 0 Å². The topological polar surface area (TPSA) is 57.1 Å². The normalized spacial score (nSPS) is 11.2. The van der Waals surface area contributed by atoms with Crippen LogP contribution in [-0.2, 0) is 16.1 Å². The molecule has 0 atom stereocenters. The molecule has 0 saturated carbocycles. The van der Waals surface area contributed by atoms with Crippen LogP contribution in [0.3, 0.4) is 0 Å². The lowest BCUT2D eigenvalue weighted by Crippen LogP contribution is -2.00. The van der Waals surface area contributed by atoms with E-state index in [9.17, 15) is 0 Å². The minimum atomic E-state index is 0.248. The number of pyridine rings is 3. The first-order valence-electron chi connectivity index (χ1n) is 8.02. The molecule has 5 heteroatoms. The SMILES string of the molecule is COCOCc1cccc(-c2ccc3ccc4cccnc4c3n2)n1. The number of hydrogen-bond donors (Lipinski definition) is 0. The molecule has 0 saturated heterocycles. The lowest BCUT2D eigenvalue weighted by atomic mass is 10.1. The van der Waals surface area contributed by atoms with Crippen LogP contribution in [0.2, 0.25) is 0 Å². The van der Waals surface area contributed by atoms with E-state index < -0.39 is 0 Å². The summed E-state index contributed by atoms with van der Waals surface area (Å²) >= 11 is 0. The molecule has 4 aromatic rings. The Labute approximate surface area is 145 Å². The van der Waals surface area contributed by atoms with Crippen LogP contribution in [0.1, 0.15) is 5.69 Å². The molecule has 0 fully saturated rings. The molecule has 124 valence electrons. The van der Waals surface area contributed by atoms with E-state index in [1.165, 1.54) is 0 Å². The van der Waals surface area contributed by atoms with Gasteiger partial charge in [0.05, 0.1) is 34.7 Å². The van der Waals surface area contributed by atoms with Gasteiger partial charge in [-0.15, -0.1) is 0 Å². The molecule has 3 aromatic heterocycles. The molecule has 0 unspecified atom stereocenters. The number of hydrogen-bond acceptors (Lipinski definition) is 5. The van der Waals surface area contributed by atoms with Crippen molar-refractivity contribution in [2.24, 2.45) is 0 Å². The van der Waals surface area contributed by atoms with Gasteiger partial charge in [-0.1, -0.05) is 30.3 Å². The first-order chi connectivity index (χ1) is 12.3. The summed E-state index contributed by atoms with van der Waals surface area (Å²) in [6.07, 6.45) is 1.79. The summed E-state index contributed by atoms with van der Waals surface area (Å²) in [6.45, 7) is 0.650. The molecule has 0 aliphatic carbocycles. The molecule has 0 bridgehead atoms. The molecular formula is C20H17N3O2. The lowest BCUT2D eigenvalue weighted by Gasteiger charge is -2.07. The molecule has 0 aliphatic heterocycles. The molecular weight excluding hydrogens is 314 g/mol. The van der Waals surface area contributed by atoms with Crippen LogP contribution >= 0.6 is 0 Å². The molecule has 0 amide bonds. The van der Waals surface area contributed by atoms with Gasteiger partial charge in [0.1, 0.15) is 6.79 Å². The van der Waals surface area contributed by atoms with E-state index in [1.807, 2.05) is 36.4 Å². The van der Waals surface area contributed by atoms with Crippen molar-refractivity contribution in [3.05, 3.63) is 66.5 Å². The molecule has 5 nitrogen and oxygen atoms in total. The predicted molar refractivity (Wildman–Crippen MR) is 96.9 cm³/mol. The van der Waals surface area contributed by atoms with Crippen molar-refractivity contribution in [3.63, 3.8) is 0 Å². The Bertz CT molecular complexity index is 1030. The van der Waals surface area contributed by atoms with Crippen molar-refractivity contribution in [1.29, 1.82) is 0 Å². The molecule has 0 N–H and O–H groups in total. The van der Waals surface area contributed by atoms with Crippen molar-refractivity contribution in [1.82, 2.24) is 15.0 Å². The van der Waals surface area contributed by atoms with Gasteiger partial charge < -0.3 is 9.47 Å². The zero-order valence-corrected chi connectivity index (χ0v) is 13.8. The van der Waals surface area contributed by atoms with Gasteiger partial charge in [-0.05, 0) is 24.3 Å². The molecule has 0 aliphatic rings. The summed E-state index contributed by atoms with van der Waals surface area (Å²) in [4.78, 5) is 14.0. The van der Waals surface area contributed by atoms with Gasteiger partial charge in [-0.3, -0.25) is 4.98 Å². The number of fused-ring (bicyclic) bond motifs is 3. The van der Waals surface area contributed by atoms with Crippen molar-refractivity contribution in [2.45, 2.75) is 6.61 Å². The highest BCUT2D eigenvalue weighted by Crippen LogP contribution is 2.25. The van der Waals surface area contributed by atoms with Crippen LogP contribution in [0.25, 0.3) is 33.2 Å². The quantitative estimate of drug-likeness (QED) is 0.315. The number of rotatable bonds is 5. The van der Waals surface area contributed by atoms with E-state index in [-0.39, 0.29) is 6.79 Å². The lowest BCUT2D eigenvalue weighted by molar-refractivity contribution is -0.0400. The minimum absolute atomic E-state index is 0.248. The number of benzene rings is 1. The monoisotopic (exact) mass is 331 g/mol. The third kappa shape index (κ3) is 3.20. The second-order valence-corrected chi connectivity index (χ2v) is 5.68. The first kappa shape index (κ1) is 15.6. The van der Waals surface area contributed by atoms with Gasteiger partial charge in [0.25, 0.3) is 0 Å². The fourth-order valence-electron chi connectivity index (χ4n) is 2.80. The number of nitrogens with zero attached hydrogens (tertiary/aromatic N) is 3. The standard InChI is InChI=1S/C20H17N3O2/c1-24-13-25-12-16-5-2-6-17(22-16)18-10-9-15-8-7-14-4-3-11-21-19(14)20(15)23-18/h2-11H,12-13H2,1H3. The highest BCUT2D eigenvalue weighted by molar-refractivity contribution is 6.03. The summed E-state index contributed by atoms with van der Waals surface area (Å²) in [5, 5.41) is 2.14. The molecule has 0 radical (unpaired) electrons. The highest BCUT2D eigenvalue weighted by Gasteiger charge is 2.07. The summed E-state index contributed by atoms with van der Waals surface area (Å²) in [7, 11) is 1.60. The fourth-order valence-corrected chi connectivity index (χ4v) is 2.80. The highest BCUT2D eigenvalue weighted by atomic mass is 16.7. The van der Waals surface area contributed by atoms with Gasteiger partial charge >= 0.3 is 0 Å². The summed E-state index contributed by atoms with van der Waals surface area (Å²) < 4.78 is 10.3. The summed E-state index contributed by atoms with van der Waals surface area (Å²) in [5.74, 6) is 0. The second-order valence-electron chi connectivity index (χ2n) is 5.68. The van der Waals surface area contributed by atoms with Gasteiger partial charge in [-0.25, -0.2) is 9.97 Å². The predicted octanol–water partition coefficient (Wildman–Crippen LogP) is 3.97. The second kappa shape index (κ2) is 6.93. The molecule has 3 heterocycles. The van der Waals surface area contributed by atoms with Crippen LogP contribution in [0.15, 0.2) is 60.8 Å². The van der Waals surface area contributed by atoms with Crippen LogP contribution in [0, 0.1) is 0 Å². The maximum atomic E-state index is 5.37. The van der Waals surface area contributed by atoms with E-state index in [0.717, 1.165) is 38.9 Å². The number of methoxy groups -OCH3 is 1. The molecule has 25 heavy (non-hydrogen) atoms. The zero-order chi connectivity index (χ0) is 17.1. The Morgan fingerprint density at radius 2 is 1.60 bits per heavy atom. The van der Waals surface area contributed by atoms with Crippen molar-refractivity contribution in [2.75, 3.05) is 13.9 Å². The van der Waals surface area contributed by atoms with E-state index >= 15 is 0 Å². The number of ether oxygens (including phenoxy) is 2. The minimum Gasteiger partial charge on any atom is -0.359 e. The van der Waals surface area contributed by atoms with Crippen LogP contribution in [-0.4, -0.2) is 28.9 Å². The van der Waals surface area contributed by atoms with Gasteiger partial charge in [-0.2, -0.15) is 0 Å². The molecule has 1 aromatic carbocycles. The Hall–Kier alpha value is -2.89. The number of aromatic nitrogens is 3. The Morgan fingerprint density at radius 3 is 2.48 bits per heavy atom. The van der Waals surface area contributed by atoms with Crippen molar-refractivity contribution in [3.8, 4) is 11.4 Å². The fraction of sp³-hybridized carbons (Fsp3) is 0.150. The Morgan fingerprint density at radius 1 is 0.800 bits per heavy atom. The molecule has 0 spiro atoms. The van der Waals surface area contributed by atoms with Crippen molar-refractivity contribution < 1.29 is 9.47 Å². The van der Waals surface area contributed by atoms with E-state index in [2.05, 4.69) is 28.2 Å². The average molecular weight is 331 g/mol. The Kier molecular flexibility index (Phi) is 4.33. The first-order valence-corrected chi connectivity index (χ1v) is 8.02. The molecule has 4 rings (SSSR count). The van der Waals surface area contributed by atoms with Crippen LogP contribution in [0.5, 0.6) is 0 Å². The van der Waals surface area contributed by atoms with Crippen molar-refractivity contribution >= 4 is 21.8 Å². The van der Waals surface area contributed by atoms with Crippen LogP contribution < -0.4 is 0 Å². The zero-order valence-electron chi connectivity index (χ0n) is 13.8. The third-order valence-electron chi connectivity index (χ3n) is 3.95.